The lowest BCUT2D eigenvalue weighted by atomic mass is 9.86. The number of carbonyl (C=O) groups excluding carboxylic acids is 1. The van der Waals surface area contributed by atoms with Gasteiger partial charge in [-0.1, -0.05) is 38.4 Å². The van der Waals surface area contributed by atoms with Crippen LogP contribution in [-0.4, -0.2) is 39.2 Å². The second-order valence-corrected chi connectivity index (χ2v) is 11.0. The number of aromatic nitrogens is 1. The van der Waals surface area contributed by atoms with Gasteiger partial charge >= 0.3 is 0 Å². The highest BCUT2D eigenvalue weighted by Crippen LogP contribution is 2.35. The zero-order chi connectivity index (χ0) is 23.3. The molecule has 0 unspecified atom stereocenters. The lowest BCUT2D eigenvalue weighted by Gasteiger charge is -2.24. The van der Waals surface area contributed by atoms with Crippen LogP contribution in [0.3, 0.4) is 0 Å². The van der Waals surface area contributed by atoms with Crippen LogP contribution in [0.1, 0.15) is 26.3 Å². The molecule has 0 fully saturated rings. The first-order valence-corrected chi connectivity index (χ1v) is 11.9. The number of pyridine rings is 1. The maximum Gasteiger partial charge on any atom is 0.253 e. The van der Waals surface area contributed by atoms with Crippen molar-refractivity contribution in [2.24, 2.45) is 0 Å². The van der Waals surface area contributed by atoms with Crippen LogP contribution in [-0.2, 0) is 26.8 Å². The van der Waals surface area contributed by atoms with Crippen LogP contribution in [0.25, 0.3) is 21.8 Å². The quantitative estimate of drug-likeness (QED) is 0.600. The highest BCUT2D eigenvalue weighted by atomic mass is 35.5. The summed E-state index contributed by atoms with van der Waals surface area (Å²) in [6.45, 7) is 5.86. The number of sulfonamides is 1. The Labute approximate surface area is 186 Å². The summed E-state index contributed by atoms with van der Waals surface area (Å²) in [6, 6.07) is 8.82. The Morgan fingerprint density at radius 1 is 1.13 bits per heavy atom. The van der Waals surface area contributed by atoms with E-state index >= 15 is 0 Å². The molecule has 0 saturated heterocycles. The largest absolute Gasteiger partial charge is 0.375 e. The summed E-state index contributed by atoms with van der Waals surface area (Å²) < 4.78 is 26.9. The average Bonchev–Trinajstić information content (AvgIpc) is 2.61. The van der Waals surface area contributed by atoms with E-state index in [1.807, 2.05) is 16.9 Å². The zero-order valence-corrected chi connectivity index (χ0v) is 20.0. The lowest BCUT2D eigenvalue weighted by molar-refractivity contribution is -0.119. The zero-order valence-electron chi connectivity index (χ0n) is 18.4. The van der Waals surface area contributed by atoms with Gasteiger partial charge in [-0.2, -0.15) is 0 Å². The second kappa shape index (κ2) is 7.84. The van der Waals surface area contributed by atoms with E-state index in [1.165, 1.54) is 0 Å². The van der Waals surface area contributed by atoms with Crippen molar-refractivity contribution in [1.29, 1.82) is 0 Å². The van der Waals surface area contributed by atoms with Gasteiger partial charge in [-0.25, -0.2) is 8.42 Å². The number of nitrogens with zero attached hydrogens (tertiary/aromatic N) is 2. The van der Waals surface area contributed by atoms with Crippen molar-refractivity contribution in [3.05, 3.63) is 51.1 Å². The monoisotopic (exact) mass is 463 g/mol. The van der Waals surface area contributed by atoms with E-state index in [1.54, 1.807) is 41.8 Å². The summed E-state index contributed by atoms with van der Waals surface area (Å²) in [5.41, 5.74) is 2.20. The number of fused-ring (bicyclic) bond motifs is 2. The molecule has 0 radical (unpaired) electrons. The molecule has 31 heavy (non-hydrogen) atoms. The maximum atomic E-state index is 13.3. The fraction of sp³-hybridized carbons (Fsp3) is 0.364. The van der Waals surface area contributed by atoms with Crippen LogP contribution < -0.4 is 15.1 Å². The normalized spacial score (nSPS) is 12.4. The van der Waals surface area contributed by atoms with Gasteiger partial charge in [0.1, 0.15) is 6.54 Å². The Morgan fingerprint density at radius 2 is 1.74 bits per heavy atom. The standard InChI is InChI=1S/C22H26ClN3O4S/c1-22(2,3)13-7-8-14-17(11-13)26(12-18(27)24-31(6,29)30)19-15(21(14)28)9-10-16(23)20(19)25(4)5/h7-11H,12H2,1-6H3,(H,24,27). The minimum absolute atomic E-state index is 0.176. The summed E-state index contributed by atoms with van der Waals surface area (Å²) >= 11 is 6.47. The SMILES string of the molecule is CN(C)c1c(Cl)ccc2c(=O)c3ccc(C(C)(C)C)cc3n(CC(=O)NS(C)(=O)=O)c12. The number of hydrogen-bond acceptors (Lipinski definition) is 5. The number of halogens is 1. The highest BCUT2D eigenvalue weighted by Gasteiger charge is 2.22. The molecule has 1 N–H and O–H groups in total. The molecule has 9 heteroatoms. The molecule has 1 aromatic heterocycles. The van der Waals surface area contributed by atoms with Gasteiger partial charge in [-0.15, -0.1) is 0 Å². The van der Waals surface area contributed by atoms with Gasteiger partial charge in [0.2, 0.25) is 10.0 Å². The van der Waals surface area contributed by atoms with Gasteiger partial charge < -0.3 is 9.47 Å². The molecular formula is C22H26ClN3O4S. The maximum absolute atomic E-state index is 13.3. The smallest absolute Gasteiger partial charge is 0.253 e. The van der Waals surface area contributed by atoms with Gasteiger partial charge in [0.05, 0.1) is 28.0 Å². The summed E-state index contributed by atoms with van der Waals surface area (Å²) in [7, 11) is -0.148. The van der Waals surface area contributed by atoms with Gasteiger partial charge in [0.15, 0.2) is 5.43 Å². The van der Waals surface area contributed by atoms with Crippen molar-refractivity contribution < 1.29 is 13.2 Å². The molecule has 1 heterocycles. The van der Waals surface area contributed by atoms with Crippen LogP contribution in [0.5, 0.6) is 0 Å². The molecule has 3 rings (SSSR count). The fourth-order valence-electron chi connectivity index (χ4n) is 3.66. The topological polar surface area (TPSA) is 88.5 Å². The minimum Gasteiger partial charge on any atom is -0.375 e. The number of carbonyl (C=O) groups is 1. The molecule has 0 aliphatic carbocycles. The number of amides is 1. The Morgan fingerprint density at radius 3 is 2.29 bits per heavy atom. The van der Waals surface area contributed by atoms with Crippen molar-refractivity contribution in [1.82, 2.24) is 9.29 Å². The third-order valence-electron chi connectivity index (χ3n) is 5.06. The van der Waals surface area contributed by atoms with E-state index < -0.39 is 15.9 Å². The lowest BCUT2D eigenvalue weighted by Crippen LogP contribution is -2.33. The number of rotatable bonds is 4. The molecule has 0 bridgehead atoms. The van der Waals surface area contributed by atoms with Gasteiger partial charge in [-0.3, -0.25) is 14.3 Å². The third-order valence-corrected chi connectivity index (χ3v) is 5.97. The second-order valence-electron chi connectivity index (χ2n) is 8.88. The average molecular weight is 464 g/mol. The van der Waals surface area contributed by atoms with Crippen molar-refractivity contribution >= 4 is 55.0 Å². The van der Waals surface area contributed by atoms with Crippen molar-refractivity contribution in [2.75, 3.05) is 25.3 Å². The van der Waals surface area contributed by atoms with E-state index in [-0.39, 0.29) is 17.4 Å². The summed E-state index contributed by atoms with van der Waals surface area (Å²) in [5, 5.41) is 1.26. The van der Waals surface area contributed by atoms with E-state index in [0.29, 0.717) is 32.5 Å². The Bertz CT molecular complexity index is 1370. The fourth-order valence-corrected chi connectivity index (χ4v) is 4.46. The number of hydrogen-bond donors (Lipinski definition) is 1. The van der Waals surface area contributed by atoms with E-state index in [0.717, 1.165) is 11.8 Å². The first-order chi connectivity index (χ1) is 14.2. The molecular weight excluding hydrogens is 438 g/mol. The van der Waals surface area contributed by atoms with Gasteiger partial charge in [-0.05, 0) is 35.2 Å². The molecule has 0 saturated carbocycles. The van der Waals surface area contributed by atoms with Crippen LogP contribution in [0.4, 0.5) is 5.69 Å². The molecule has 0 spiro atoms. The molecule has 1 amide bonds. The summed E-state index contributed by atoms with van der Waals surface area (Å²) in [6.07, 6.45) is 0.923. The molecule has 3 aromatic rings. The van der Waals surface area contributed by atoms with E-state index in [4.69, 9.17) is 11.6 Å². The van der Waals surface area contributed by atoms with Crippen molar-refractivity contribution in [3.63, 3.8) is 0 Å². The summed E-state index contributed by atoms with van der Waals surface area (Å²) in [5.74, 6) is -0.709. The molecule has 7 nitrogen and oxygen atoms in total. The van der Waals surface area contributed by atoms with Crippen molar-refractivity contribution in [3.8, 4) is 0 Å². The number of benzene rings is 2. The van der Waals surface area contributed by atoms with E-state index in [2.05, 4.69) is 20.8 Å². The van der Waals surface area contributed by atoms with Gasteiger partial charge in [0.25, 0.3) is 5.91 Å². The molecule has 166 valence electrons. The first-order valence-electron chi connectivity index (χ1n) is 9.68. The van der Waals surface area contributed by atoms with Crippen LogP contribution >= 0.6 is 11.6 Å². The predicted octanol–water partition coefficient (Wildman–Crippen LogP) is 3.25. The summed E-state index contributed by atoms with van der Waals surface area (Å²) in [4.78, 5) is 27.7. The molecule has 2 aromatic carbocycles. The molecule has 0 aliphatic heterocycles. The Hall–Kier alpha value is -2.58. The van der Waals surface area contributed by atoms with Crippen LogP contribution in [0.15, 0.2) is 35.1 Å². The highest BCUT2D eigenvalue weighted by molar-refractivity contribution is 7.89. The first kappa shape index (κ1) is 23.1. The van der Waals surface area contributed by atoms with Crippen LogP contribution in [0, 0.1) is 0 Å². The minimum atomic E-state index is -3.74. The molecule has 0 atom stereocenters. The van der Waals surface area contributed by atoms with Gasteiger partial charge in [0, 0.05) is 24.9 Å². The Kier molecular flexibility index (Phi) is 5.84. The third kappa shape index (κ3) is 4.55. The van der Waals surface area contributed by atoms with Crippen LogP contribution in [0.2, 0.25) is 5.02 Å². The molecule has 0 aliphatic rings. The van der Waals surface area contributed by atoms with E-state index in [9.17, 15) is 18.0 Å². The number of anilines is 1. The number of nitrogens with one attached hydrogen (secondary N) is 1. The van der Waals surface area contributed by atoms with Crippen molar-refractivity contribution in [2.45, 2.75) is 32.7 Å². The Balaban J connectivity index is 2.50. The predicted molar refractivity (Wildman–Crippen MR) is 127 cm³/mol.